The van der Waals surface area contributed by atoms with Gasteiger partial charge in [0.1, 0.15) is 0 Å². The molecular weight excluding hydrogens is 402 g/mol. The van der Waals surface area contributed by atoms with Crippen LogP contribution in [0.1, 0.15) is 22.3 Å². The average Bonchev–Trinajstić information content (AvgIpc) is 2.72. The zero-order chi connectivity index (χ0) is 21.0. The molecule has 0 saturated heterocycles. The molecule has 0 aliphatic rings. The van der Waals surface area contributed by atoms with Crippen molar-refractivity contribution in [1.29, 1.82) is 5.26 Å². The lowest BCUT2D eigenvalue weighted by molar-refractivity contribution is 0.603. The van der Waals surface area contributed by atoms with Gasteiger partial charge in [0.25, 0.3) is 0 Å². The van der Waals surface area contributed by atoms with Gasteiger partial charge in [0.05, 0.1) is 21.4 Å². The molecule has 0 N–H and O–H groups in total. The van der Waals surface area contributed by atoms with E-state index in [1.54, 1.807) is 30.3 Å². The number of benzene rings is 3. The van der Waals surface area contributed by atoms with E-state index >= 15 is 0 Å². The maximum absolute atomic E-state index is 13.5. The van der Waals surface area contributed by atoms with E-state index in [2.05, 4.69) is 6.58 Å². The van der Waals surface area contributed by atoms with Crippen molar-refractivity contribution in [1.82, 2.24) is 0 Å². The highest BCUT2D eigenvalue weighted by Gasteiger charge is 2.25. The number of nitriles is 1. The zero-order valence-electron chi connectivity index (χ0n) is 15.8. The van der Waals surface area contributed by atoms with Crippen molar-refractivity contribution in [3.05, 3.63) is 118 Å². The Kier molecular flexibility index (Phi) is 6.03. The molecular formula is C24H18ClNO2S. The fourth-order valence-corrected chi connectivity index (χ4v) is 4.83. The van der Waals surface area contributed by atoms with Crippen LogP contribution >= 0.6 is 11.6 Å². The maximum Gasteiger partial charge on any atom is 0.207 e. The Labute approximate surface area is 176 Å². The van der Waals surface area contributed by atoms with Crippen molar-refractivity contribution in [3.63, 3.8) is 0 Å². The minimum atomic E-state index is -3.94. The standard InChI is InChI=1S/C24H18ClNO2S/c1-3-23(29(27,28)21-12-6-9-18(14-21)16-26)24(19-10-7-11-20(25)15-19)22-13-5-4-8-17(22)2/h3-15H,1H2,2H3/b24-23+. The monoisotopic (exact) mass is 419 g/mol. The number of hydrogen-bond acceptors (Lipinski definition) is 3. The van der Waals surface area contributed by atoms with E-state index in [-0.39, 0.29) is 15.4 Å². The molecule has 0 unspecified atom stereocenters. The van der Waals surface area contributed by atoms with Gasteiger partial charge in [-0.1, -0.05) is 60.6 Å². The van der Waals surface area contributed by atoms with Gasteiger partial charge < -0.3 is 0 Å². The molecule has 3 nitrogen and oxygen atoms in total. The highest BCUT2D eigenvalue weighted by molar-refractivity contribution is 7.95. The largest absolute Gasteiger partial charge is 0.218 e. The third-order valence-corrected chi connectivity index (χ3v) is 6.58. The summed E-state index contributed by atoms with van der Waals surface area (Å²) in [6.45, 7) is 5.70. The summed E-state index contributed by atoms with van der Waals surface area (Å²) in [4.78, 5) is 0.101. The molecule has 0 fully saturated rings. The molecule has 0 radical (unpaired) electrons. The van der Waals surface area contributed by atoms with Gasteiger partial charge in [-0.25, -0.2) is 8.42 Å². The normalized spacial score (nSPS) is 12.0. The summed E-state index contributed by atoms with van der Waals surface area (Å²) in [5, 5.41) is 9.66. The van der Waals surface area contributed by atoms with Gasteiger partial charge in [-0.3, -0.25) is 0 Å². The fraction of sp³-hybridized carbons (Fsp3) is 0.0417. The van der Waals surface area contributed by atoms with E-state index in [9.17, 15) is 8.42 Å². The van der Waals surface area contributed by atoms with Crippen molar-refractivity contribution in [2.75, 3.05) is 0 Å². The average molecular weight is 420 g/mol. The Balaban J connectivity index is 2.40. The molecule has 0 bridgehead atoms. The molecule has 0 aliphatic carbocycles. The van der Waals surface area contributed by atoms with Gasteiger partial charge >= 0.3 is 0 Å². The van der Waals surface area contributed by atoms with Gasteiger partial charge in [0, 0.05) is 10.6 Å². The lowest BCUT2D eigenvalue weighted by Gasteiger charge is -2.17. The lowest BCUT2D eigenvalue weighted by atomic mass is 9.94. The molecule has 0 spiro atoms. The van der Waals surface area contributed by atoms with Gasteiger partial charge in [-0.15, -0.1) is 0 Å². The molecule has 0 aliphatic heterocycles. The van der Waals surface area contributed by atoms with Crippen LogP contribution in [0.4, 0.5) is 0 Å². The highest BCUT2D eigenvalue weighted by atomic mass is 35.5. The molecule has 0 heterocycles. The number of halogens is 1. The molecule has 0 aromatic heterocycles. The Morgan fingerprint density at radius 2 is 1.76 bits per heavy atom. The molecule has 0 atom stereocenters. The van der Waals surface area contributed by atoms with Crippen LogP contribution in [0.15, 0.2) is 95.3 Å². The van der Waals surface area contributed by atoms with Crippen LogP contribution in [0, 0.1) is 18.3 Å². The number of rotatable bonds is 5. The molecule has 29 heavy (non-hydrogen) atoms. The van der Waals surface area contributed by atoms with E-state index in [0.29, 0.717) is 16.2 Å². The first-order chi connectivity index (χ1) is 13.9. The quantitative estimate of drug-likeness (QED) is 0.481. The SMILES string of the molecule is C=C/C(=C(/c1cccc(Cl)c1)c1ccccc1C)S(=O)(=O)c1cccc(C#N)c1. The van der Waals surface area contributed by atoms with Crippen LogP contribution in [0.25, 0.3) is 5.57 Å². The van der Waals surface area contributed by atoms with E-state index in [1.807, 2.05) is 43.3 Å². The van der Waals surface area contributed by atoms with Crippen molar-refractivity contribution >= 4 is 27.0 Å². The first-order valence-corrected chi connectivity index (χ1v) is 10.7. The van der Waals surface area contributed by atoms with Gasteiger partial charge in [-0.2, -0.15) is 5.26 Å². The maximum atomic E-state index is 13.5. The smallest absolute Gasteiger partial charge is 0.207 e. The summed E-state index contributed by atoms with van der Waals surface area (Å²) in [6, 6.07) is 22.6. The second kappa shape index (κ2) is 8.48. The van der Waals surface area contributed by atoms with Crippen LogP contribution in [-0.4, -0.2) is 8.42 Å². The van der Waals surface area contributed by atoms with Gasteiger partial charge in [0.15, 0.2) is 0 Å². The van der Waals surface area contributed by atoms with E-state index in [4.69, 9.17) is 16.9 Å². The van der Waals surface area contributed by atoms with Crippen molar-refractivity contribution in [2.45, 2.75) is 11.8 Å². The Hall–Kier alpha value is -3.13. The number of sulfone groups is 1. The third-order valence-electron chi connectivity index (χ3n) is 4.52. The Bertz CT molecular complexity index is 1270. The van der Waals surface area contributed by atoms with Crippen LogP contribution in [0.2, 0.25) is 5.02 Å². The highest BCUT2D eigenvalue weighted by Crippen LogP contribution is 2.35. The number of allylic oxidation sites excluding steroid dienone is 1. The molecule has 0 amide bonds. The molecule has 144 valence electrons. The van der Waals surface area contributed by atoms with Gasteiger partial charge in [-0.05, 0) is 60.0 Å². The fourth-order valence-electron chi connectivity index (χ4n) is 3.13. The van der Waals surface area contributed by atoms with E-state index in [0.717, 1.165) is 11.1 Å². The predicted molar refractivity (Wildman–Crippen MR) is 117 cm³/mol. The van der Waals surface area contributed by atoms with Crippen molar-refractivity contribution in [3.8, 4) is 6.07 Å². The van der Waals surface area contributed by atoms with Crippen molar-refractivity contribution in [2.24, 2.45) is 0 Å². The second-order valence-corrected chi connectivity index (χ2v) is 8.77. The topological polar surface area (TPSA) is 57.9 Å². The zero-order valence-corrected chi connectivity index (χ0v) is 17.3. The number of aryl methyl sites for hydroxylation is 1. The van der Waals surface area contributed by atoms with Crippen LogP contribution < -0.4 is 0 Å². The number of hydrogen-bond donors (Lipinski definition) is 0. The summed E-state index contributed by atoms with van der Waals surface area (Å²) in [5.74, 6) is 0. The minimum Gasteiger partial charge on any atom is -0.218 e. The van der Waals surface area contributed by atoms with Gasteiger partial charge in [0.2, 0.25) is 9.84 Å². The third kappa shape index (κ3) is 4.17. The number of nitrogens with zero attached hydrogens (tertiary/aromatic N) is 1. The lowest BCUT2D eigenvalue weighted by Crippen LogP contribution is -2.08. The molecule has 0 saturated carbocycles. The summed E-state index contributed by atoms with van der Waals surface area (Å²) in [5.41, 5.74) is 3.15. The van der Waals surface area contributed by atoms with E-state index < -0.39 is 9.84 Å². The molecule has 3 aromatic carbocycles. The molecule has 5 heteroatoms. The van der Waals surface area contributed by atoms with Crippen LogP contribution in [-0.2, 0) is 9.84 Å². The first kappa shape index (κ1) is 20.6. The Morgan fingerprint density at radius 3 is 2.41 bits per heavy atom. The second-order valence-electron chi connectivity index (χ2n) is 6.41. The summed E-state index contributed by atoms with van der Waals surface area (Å²) in [7, 11) is -3.94. The molecule has 3 aromatic rings. The van der Waals surface area contributed by atoms with E-state index in [1.165, 1.54) is 18.2 Å². The summed E-state index contributed by atoms with van der Waals surface area (Å²) < 4.78 is 27.1. The summed E-state index contributed by atoms with van der Waals surface area (Å²) in [6.07, 6.45) is 1.34. The molecule has 3 rings (SSSR count). The Morgan fingerprint density at radius 1 is 1.03 bits per heavy atom. The van der Waals surface area contributed by atoms with Crippen LogP contribution in [0.5, 0.6) is 0 Å². The summed E-state index contributed by atoms with van der Waals surface area (Å²) >= 11 is 6.20. The van der Waals surface area contributed by atoms with Crippen LogP contribution in [0.3, 0.4) is 0 Å². The predicted octanol–water partition coefficient (Wildman–Crippen LogP) is 5.94. The first-order valence-electron chi connectivity index (χ1n) is 8.82. The van der Waals surface area contributed by atoms with Crippen molar-refractivity contribution < 1.29 is 8.42 Å². The minimum absolute atomic E-state index is 0.0413.